The minimum absolute atomic E-state index is 0.0693. The predicted octanol–water partition coefficient (Wildman–Crippen LogP) is 5.07. The van der Waals surface area contributed by atoms with Gasteiger partial charge in [-0.3, -0.25) is 9.59 Å². The van der Waals surface area contributed by atoms with Gasteiger partial charge >= 0.3 is 12.1 Å². The van der Waals surface area contributed by atoms with Gasteiger partial charge in [-0.1, -0.05) is 18.2 Å². The molecular formula is C25H14F3N3O4S. The van der Waals surface area contributed by atoms with E-state index in [1.807, 2.05) is 6.07 Å². The van der Waals surface area contributed by atoms with Crippen LogP contribution in [0, 0.1) is 11.3 Å². The Hall–Kier alpha value is -4.43. The summed E-state index contributed by atoms with van der Waals surface area (Å²) in [5.41, 5.74) is -0.609. The second kappa shape index (κ2) is 8.35. The Balaban J connectivity index is 1.83. The standard InChI is InChI=1S/C25H14F3N3O4S/c26-25(27,28)16-5-6-19-17(8-16)21(31-20(32)7-15-11-36-12-18(15)23(31)33)22(24(34)35)30(19)10-14-4-2-1-3-13(14)9-29/h1-6,8,11-12H,7,10H2,(H,34,35). The molecule has 1 aliphatic rings. The number of halogens is 3. The van der Waals surface area contributed by atoms with Crippen LogP contribution in [0.15, 0.2) is 53.2 Å². The summed E-state index contributed by atoms with van der Waals surface area (Å²) < 4.78 is 42.0. The molecule has 2 aromatic heterocycles. The van der Waals surface area contributed by atoms with E-state index >= 15 is 0 Å². The Labute approximate surface area is 205 Å². The molecular weight excluding hydrogens is 495 g/mol. The Morgan fingerprint density at radius 1 is 1.14 bits per heavy atom. The Morgan fingerprint density at radius 2 is 1.89 bits per heavy atom. The number of thiophene rings is 1. The van der Waals surface area contributed by atoms with Crippen molar-refractivity contribution in [1.29, 1.82) is 5.26 Å². The van der Waals surface area contributed by atoms with Crippen molar-refractivity contribution in [3.63, 3.8) is 0 Å². The molecule has 0 radical (unpaired) electrons. The van der Waals surface area contributed by atoms with Crippen LogP contribution in [0.4, 0.5) is 18.9 Å². The number of aromatic nitrogens is 1. The summed E-state index contributed by atoms with van der Waals surface area (Å²) in [6.07, 6.45) is -4.95. The number of imide groups is 1. The highest BCUT2D eigenvalue weighted by Gasteiger charge is 2.39. The molecule has 180 valence electrons. The summed E-state index contributed by atoms with van der Waals surface area (Å²) >= 11 is 1.19. The number of nitrogens with zero attached hydrogens (tertiary/aromatic N) is 3. The number of amides is 2. The minimum Gasteiger partial charge on any atom is -0.477 e. The van der Waals surface area contributed by atoms with Crippen molar-refractivity contribution < 1.29 is 32.7 Å². The molecule has 2 aromatic carbocycles. The van der Waals surface area contributed by atoms with E-state index in [-0.39, 0.29) is 35.0 Å². The number of alkyl halides is 3. The molecule has 0 saturated carbocycles. The fraction of sp³-hybridized carbons (Fsp3) is 0.120. The molecule has 0 bridgehead atoms. The van der Waals surface area contributed by atoms with Gasteiger partial charge in [0.1, 0.15) is 0 Å². The van der Waals surface area contributed by atoms with E-state index < -0.39 is 40.9 Å². The lowest BCUT2D eigenvalue weighted by Gasteiger charge is -2.25. The van der Waals surface area contributed by atoms with Crippen LogP contribution in [0.2, 0.25) is 0 Å². The average molecular weight is 509 g/mol. The molecule has 0 atom stereocenters. The number of carbonyl (C=O) groups is 3. The molecule has 11 heteroatoms. The first kappa shape index (κ1) is 23.3. The highest BCUT2D eigenvalue weighted by Crippen LogP contribution is 2.41. The van der Waals surface area contributed by atoms with E-state index in [0.717, 1.165) is 18.2 Å². The lowest BCUT2D eigenvalue weighted by atomic mass is 10.0. The number of nitriles is 1. The zero-order chi connectivity index (χ0) is 25.8. The molecule has 0 saturated heterocycles. The lowest BCUT2D eigenvalue weighted by molar-refractivity contribution is -0.137. The van der Waals surface area contributed by atoms with Crippen LogP contribution in [0.25, 0.3) is 10.9 Å². The third kappa shape index (κ3) is 3.63. The molecule has 0 spiro atoms. The highest BCUT2D eigenvalue weighted by atomic mass is 32.1. The Morgan fingerprint density at radius 3 is 2.58 bits per heavy atom. The third-order valence-corrected chi connectivity index (χ3v) is 6.82. The van der Waals surface area contributed by atoms with Gasteiger partial charge in [0, 0.05) is 17.3 Å². The highest BCUT2D eigenvalue weighted by molar-refractivity contribution is 7.08. The van der Waals surface area contributed by atoms with Gasteiger partial charge in [0.25, 0.3) is 5.91 Å². The quantitative estimate of drug-likeness (QED) is 0.387. The second-order valence-electron chi connectivity index (χ2n) is 8.11. The first-order chi connectivity index (χ1) is 17.1. The molecule has 0 unspecified atom stereocenters. The van der Waals surface area contributed by atoms with Gasteiger partial charge in [0.2, 0.25) is 5.91 Å². The summed E-state index contributed by atoms with van der Waals surface area (Å²) in [6, 6.07) is 11.0. The van der Waals surface area contributed by atoms with Gasteiger partial charge in [-0.2, -0.15) is 29.8 Å². The monoisotopic (exact) mass is 509 g/mol. The number of rotatable bonds is 4. The molecule has 7 nitrogen and oxygen atoms in total. The maximum Gasteiger partial charge on any atom is 0.416 e. The minimum atomic E-state index is -4.75. The average Bonchev–Trinajstić information content (AvgIpc) is 3.42. The molecule has 4 aromatic rings. The fourth-order valence-corrected chi connectivity index (χ4v) is 5.24. The van der Waals surface area contributed by atoms with E-state index in [2.05, 4.69) is 0 Å². The van der Waals surface area contributed by atoms with Gasteiger partial charge in [0.15, 0.2) is 5.69 Å². The van der Waals surface area contributed by atoms with Crippen molar-refractivity contribution in [2.24, 2.45) is 0 Å². The zero-order valence-electron chi connectivity index (χ0n) is 18.2. The van der Waals surface area contributed by atoms with Crippen molar-refractivity contribution in [2.75, 3.05) is 4.90 Å². The molecule has 1 aliphatic heterocycles. The second-order valence-corrected chi connectivity index (χ2v) is 8.85. The first-order valence-electron chi connectivity index (χ1n) is 10.5. The number of hydrogen-bond donors (Lipinski definition) is 1. The van der Waals surface area contributed by atoms with E-state index in [0.29, 0.717) is 16.0 Å². The molecule has 1 N–H and O–H groups in total. The maximum atomic E-state index is 13.6. The largest absolute Gasteiger partial charge is 0.477 e. The van der Waals surface area contributed by atoms with Crippen molar-refractivity contribution >= 4 is 45.7 Å². The van der Waals surface area contributed by atoms with E-state index in [9.17, 15) is 37.9 Å². The van der Waals surface area contributed by atoms with Crippen LogP contribution in [0.3, 0.4) is 0 Å². The van der Waals surface area contributed by atoms with Crippen molar-refractivity contribution in [3.8, 4) is 6.07 Å². The molecule has 3 heterocycles. The topological polar surface area (TPSA) is 103 Å². The van der Waals surface area contributed by atoms with E-state index in [1.165, 1.54) is 27.4 Å². The van der Waals surface area contributed by atoms with E-state index in [1.54, 1.807) is 23.6 Å². The Kier molecular flexibility index (Phi) is 5.41. The van der Waals surface area contributed by atoms with Gasteiger partial charge in [0.05, 0.1) is 40.4 Å². The molecule has 0 aliphatic carbocycles. The number of fused-ring (bicyclic) bond motifs is 2. The first-order valence-corrected chi connectivity index (χ1v) is 11.4. The maximum absolute atomic E-state index is 13.6. The van der Waals surface area contributed by atoms with Gasteiger partial charge in [-0.05, 0) is 40.8 Å². The lowest BCUT2D eigenvalue weighted by Crippen LogP contribution is -2.42. The predicted molar refractivity (Wildman–Crippen MR) is 124 cm³/mol. The van der Waals surface area contributed by atoms with Gasteiger partial charge in [-0.15, -0.1) is 0 Å². The fourth-order valence-electron chi connectivity index (χ4n) is 4.41. The number of aromatic carboxylic acids is 1. The van der Waals surface area contributed by atoms with Crippen LogP contribution in [0.1, 0.15) is 43.1 Å². The van der Waals surface area contributed by atoms with Crippen LogP contribution in [0.5, 0.6) is 0 Å². The van der Waals surface area contributed by atoms with Crippen LogP contribution in [-0.4, -0.2) is 27.5 Å². The normalized spacial score (nSPS) is 13.7. The molecule has 5 rings (SSSR count). The summed E-state index contributed by atoms with van der Waals surface area (Å²) in [5.74, 6) is -3.10. The van der Waals surface area contributed by atoms with Gasteiger partial charge in [-0.25, -0.2) is 9.69 Å². The summed E-state index contributed by atoms with van der Waals surface area (Å²) in [6.45, 7) is -0.187. The number of carbonyl (C=O) groups excluding carboxylic acids is 2. The van der Waals surface area contributed by atoms with Gasteiger partial charge < -0.3 is 9.67 Å². The smallest absolute Gasteiger partial charge is 0.416 e. The molecule has 36 heavy (non-hydrogen) atoms. The number of benzene rings is 2. The van der Waals surface area contributed by atoms with E-state index in [4.69, 9.17) is 0 Å². The van der Waals surface area contributed by atoms with Crippen LogP contribution >= 0.6 is 11.3 Å². The van der Waals surface area contributed by atoms with Crippen LogP contribution < -0.4 is 4.90 Å². The number of carboxylic acid groups (broad SMARTS) is 1. The third-order valence-electron chi connectivity index (χ3n) is 6.02. The molecule has 0 fully saturated rings. The zero-order valence-corrected chi connectivity index (χ0v) is 19.0. The molecule has 2 amide bonds. The SMILES string of the molecule is N#Cc1ccccc1Cn1c(C(=O)O)c(N2C(=O)Cc3cscc3C2=O)c2cc(C(F)(F)F)ccc21. The number of carboxylic acids is 1. The van der Waals surface area contributed by atoms with Crippen molar-refractivity contribution in [3.05, 3.63) is 86.7 Å². The summed E-state index contributed by atoms with van der Waals surface area (Å²) in [7, 11) is 0. The summed E-state index contributed by atoms with van der Waals surface area (Å²) in [5, 5.41) is 22.6. The Bertz CT molecular complexity index is 1630. The number of anilines is 1. The van der Waals surface area contributed by atoms with Crippen molar-refractivity contribution in [1.82, 2.24) is 4.57 Å². The van der Waals surface area contributed by atoms with Crippen molar-refractivity contribution in [2.45, 2.75) is 19.1 Å². The number of hydrogen-bond acceptors (Lipinski definition) is 5. The van der Waals surface area contributed by atoms with Crippen LogP contribution in [-0.2, 0) is 23.9 Å². The summed E-state index contributed by atoms with van der Waals surface area (Å²) in [4.78, 5) is 39.6.